The van der Waals surface area contributed by atoms with Crippen LogP contribution < -0.4 is 10.5 Å². The molecule has 0 heterocycles. The maximum absolute atomic E-state index is 6.05. The Hall–Kier alpha value is -1.09. The van der Waals surface area contributed by atoms with Gasteiger partial charge in [0.1, 0.15) is 10.7 Å². The fourth-order valence-electron chi connectivity index (χ4n) is 2.44. The van der Waals surface area contributed by atoms with Crippen molar-refractivity contribution in [2.45, 2.75) is 38.7 Å². The summed E-state index contributed by atoms with van der Waals surface area (Å²) in [4.78, 5) is 0.407. The van der Waals surface area contributed by atoms with Gasteiger partial charge in [0.2, 0.25) is 0 Å². The smallest absolute Gasteiger partial charge is 0.129 e. The molecule has 2 N–H and O–H groups in total. The lowest BCUT2D eigenvalue weighted by molar-refractivity contribution is 0.129. The Morgan fingerprint density at radius 3 is 2.82 bits per heavy atom. The molecule has 0 bridgehead atoms. The van der Waals surface area contributed by atoms with E-state index < -0.39 is 0 Å². The van der Waals surface area contributed by atoms with Gasteiger partial charge in [0.25, 0.3) is 0 Å². The van der Waals surface area contributed by atoms with Crippen LogP contribution in [-0.2, 0) is 0 Å². The molecule has 3 heteroatoms. The molecule has 2 atom stereocenters. The van der Waals surface area contributed by atoms with E-state index in [1.807, 2.05) is 24.3 Å². The standard InChI is InChI=1S/C14H19NOS/c1-10-5-4-6-11(9-10)16-13-8-3-2-7-12(13)14(15)17/h2-3,7-8,10-11H,4-6,9H2,1H3,(H2,15,17). The number of ether oxygens (including phenoxy) is 1. The van der Waals surface area contributed by atoms with Crippen LogP contribution in [0.2, 0.25) is 0 Å². The monoisotopic (exact) mass is 249 g/mol. The second kappa shape index (κ2) is 5.50. The fraction of sp³-hybridized carbons (Fsp3) is 0.500. The van der Waals surface area contributed by atoms with E-state index >= 15 is 0 Å². The zero-order valence-corrected chi connectivity index (χ0v) is 11.0. The highest BCUT2D eigenvalue weighted by atomic mass is 32.1. The minimum absolute atomic E-state index is 0.314. The van der Waals surface area contributed by atoms with E-state index in [2.05, 4.69) is 6.92 Å². The van der Waals surface area contributed by atoms with Gasteiger partial charge in [0, 0.05) is 0 Å². The van der Waals surface area contributed by atoms with Crippen LogP contribution in [0.1, 0.15) is 38.2 Å². The maximum Gasteiger partial charge on any atom is 0.129 e. The molecule has 0 aromatic heterocycles. The minimum atomic E-state index is 0.314. The van der Waals surface area contributed by atoms with Crippen molar-refractivity contribution in [2.24, 2.45) is 11.7 Å². The molecule has 0 saturated heterocycles. The lowest BCUT2D eigenvalue weighted by Gasteiger charge is -2.28. The van der Waals surface area contributed by atoms with Gasteiger partial charge in [0.15, 0.2) is 0 Å². The second-order valence-corrected chi connectivity index (χ2v) is 5.31. The molecule has 1 aliphatic carbocycles. The summed E-state index contributed by atoms with van der Waals surface area (Å²) in [5.41, 5.74) is 6.55. The normalized spacial score (nSPS) is 24.3. The Labute approximate surface area is 108 Å². The predicted octanol–water partition coefficient (Wildman–Crippen LogP) is 3.28. The van der Waals surface area contributed by atoms with Crippen molar-refractivity contribution in [3.05, 3.63) is 29.8 Å². The predicted molar refractivity (Wildman–Crippen MR) is 74.4 cm³/mol. The Bertz CT molecular complexity index is 405. The molecule has 92 valence electrons. The van der Waals surface area contributed by atoms with Gasteiger partial charge >= 0.3 is 0 Å². The number of rotatable bonds is 3. The average Bonchev–Trinajstić information content (AvgIpc) is 2.29. The number of nitrogens with two attached hydrogens (primary N) is 1. The van der Waals surface area contributed by atoms with Gasteiger partial charge in [-0.2, -0.15) is 0 Å². The highest BCUT2D eigenvalue weighted by molar-refractivity contribution is 7.80. The molecule has 1 aromatic carbocycles. The van der Waals surface area contributed by atoms with Crippen LogP contribution in [0.3, 0.4) is 0 Å². The molecule has 0 spiro atoms. The summed E-state index contributed by atoms with van der Waals surface area (Å²) in [6.45, 7) is 2.29. The summed E-state index contributed by atoms with van der Waals surface area (Å²) in [6.07, 6.45) is 5.15. The molecule has 17 heavy (non-hydrogen) atoms. The lowest BCUT2D eigenvalue weighted by Crippen LogP contribution is -2.25. The molecule has 1 saturated carbocycles. The zero-order valence-electron chi connectivity index (χ0n) is 10.2. The lowest BCUT2D eigenvalue weighted by atomic mass is 9.88. The summed E-state index contributed by atoms with van der Waals surface area (Å²) >= 11 is 5.04. The Balaban J connectivity index is 2.10. The molecule has 2 rings (SSSR count). The average molecular weight is 249 g/mol. The van der Waals surface area contributed by atoms with Crippen molar-refractivity contribution in [1.29, 1.82) is 0 Å². The van der Waals surface area contributed by atoms with E-state index in [1.54, 1.807) is 0 Å². The quantitative estimate of drug-likeness (QED) is 0.835. The molecular formula is C14H19NOS. The molecule has 0 radical (unpaired) electrons. The van der Waals surface area contributed by atoms with E-state index in [1.165, 1.54) is 12.8 Å². The molecule has 1 aromatic rings. The van der Waals surface area contributed by atoms with E-state index in [9.17, 15) is 0 Å². The van der Waals surface area contributed by atoms with Crippen LogP contribution in [0.5, 0.6) is 5.75 Å². The van der Waals surface area contributed by atoms with Crippen molar-refractivity contribution in [3.63, 3.8) is 0 Å². The van der Waals surface area contributed by atoms with Crippen LogP contribution in [0.4, 0.5) is 0 Å². The molecule has 0 amide bonds. The van der Waals surface area contributed by atoms with Gasteiger partial charge in [-0.15, -0.1) is 0 Å². The maximum atomic E-state index is 6.05. The third-order valence-electron chi connectivity index (χ3n) is 3.33. The van der Waals surface area contributed by atoms with E-state index in [0.717, 1.165) is 30.1 Å². The Morgan fingerprint density at radius 1 is 1.35 bits per heavy atom. The Morgan fingerprint density at radius 2 is 2.12 bits per heavy atom. The van der Waals surface area contributed by atoms with Gasteiger partial charge in [-0.25, -0.2) is 0 Å². The highest BCUT2D eigenvalue weighted by Crippen LogP contribution is 2.28. The van der Waals surface area contributed by atoms with E-state index in [4.69, 9.17) is 22.7 Å². The second-order valence-electron chi connectivity index (χ2n) is 4.87. The van der Waals surface area contributed by atoms with Gasteiger partial charge < -0.3 is 10.5 Å². The summed E-state index contributed by atoms with van der Waals surface area (Å²) in [6, 6.07) is 7.77. The van der Waals surface area contributed by atoms with Crippen LogP contribution in [0.25, 0.3) is 0 Å². The third-order valence-corrected chi connectivity index (χ3v) is 3.55. The zero-order chi connectivity index (χ0) is 12.3. The number of hydrogen-bond acceptors (Lipinski definition) is 2. The number of para-hydroxylation sites is 1. The van der Waals surface area contributed by atoms with Crippen LogP contribution >= 0.6 is 12.2 Å². The first-order valence-corrected chi connectivity index (χ1v) is 6.63. The van der Waals surface area contributed by atoms with Crippen molar-refractivity contribution in [2.75, 3.05) is 0 Å². The van der Waals surface area contributed by atoms with Crippen LogP contribution in [0.15, 0.2) is 24.3 Å². The first-order chi connectivity index (χ1) is 8.16. The SMILES string of the molecule is CC1CCCC(Oc2ccccc2C(N)=S)C1. The molecule has 1 aliphatic rings. The van der Waals surface area contributed by atoms with Crippen molar-refractivity contribution < 1.29 is 4.74 Å². The first-order valence-electron chi connectivity index (χ1n) is 6.22. The third kappa shape index (κ3) is 3.19. The van der Waals surface area contributed by atoms with Crippen LogP contribution in [0, 0.1) is 5.92 Å². The van der Waals surface area contributed by atoms with Gasteiger partial charge in [0.05, 0.1) is 11.7 Å². The van der Waals surface area contributed by atoms with Crippen molar-refractivity contribution >= 4 is 17.2 Å². The van der Waals surface area contributed by atoms with Crippen LogP contribution in [-0.4, -0.2) is 11.1 Å². The topological polar surface area (TPSA) is 35.2 Å². The number of benzene rings is 1. The summed E-state index contributed by atoms with van der Waals surface area (Å²) in [7, 11) is 0. The molecular weight excluding hydrogens is 230 g/mol. The van der Waals surface area contributed by atoms with Crippen molar-refractivity contribution in [1.82, 2.24) is 0 Å². The highest BCUT2D eigenvalue weighted by Gasteiger charge is 2.21. The van der Waals surface area contributed by atoms with E-state index in [0.29, 0.717) is 11.1 Å². The summed E-state index contributed by atoms with van der Waals surface area (Å²) in [5, 5.41) is 0. The number of hydrogen-bond donors (Lipinski definition) is 1. The van der Waals surface area contributed by atoms with Gasteiger partial charge in [-0.1, -0.05) is 37.7 Å². The van der Waals surface area contributed by atoms with Gasteiger partial charge in [-0.05, 0) is 37.3 Å². The molecule has 2 nitrogen and oxygen atoms in total. The fourth-order valence-corrected chi connectivity index (χ4v) is 2.61. The van der Waals surface area contributed by atoms with E-state index in [-0.39, 0.29) is 0 Å². The first kappa shape index (κ1) is 12.4. The number of thiocarbonyl (C=S) groups is 1. The molecule has 2 unspecified atom stereocenters. The molecule has 0 aliphatic heterocycles. The molecule has 1 fully saturated rings. The van der Waals surface area contributed by atoms with Gasteiger partial charge in [-0.3, -0.25) is 0 Å². The minimum Gasteiger partial charge on any atom is -0.490 e. The summed E-state index contributed by atoms with van der Waals surface area (Å²) < 4.78 is 6.05. The summed E-state index contributed by atoms with van der Waals surface area (Å²) in [5.74, 6) is 1.59. The van der Waals surface area contributed by atoms with Crippen molar-refractivity contribution in [3.8, 4) is 5.75 Å². The largest absolute Gasteiger partial charge is 0.490 e. The Kier molecular flexibility index (Phi) is 4.00.